The number of aromatic nitrogens is 1. The van der Waals surface area contributed by atoms with Crippen molar-refractivity contribution >= 4 is 5.91 Å². The van der Waals surface area contributed by atoms with Crippen LogP contribution in [0.4, 0.5) is 0 Å². The summed E-state index contributed by atoms with van der Waals surface area (Å²) in [5, 5.41) is 2.95. The molecule has 5 heteroatoms. The summed E-state index contributed by atoms with van der Waals surface area (Å²) < 4.78 is 5.59. The topological polar surface area (TPSA) is 58.4 Å². The molecule has 146 valence electrons. The molecule has 1 aromatic carbocycles. The monoisotopic (exact) mass is 369 g/mol. The molecule has 5 nitrogen and oxygen atoms in total. The lowest BCUT2D eigenvalue weighted by Crippen LogP contribution is -2.32. The summed E-state index contributed by atoms with van der Waals surface area (Å²) in [6, 6.07) is 9.54. The van der Waals surface area contributed by atoms with E-state index in [-0.39, 0.29) is 5.91 Å². The van der Waals surface area contributed by atoms with Crippen molar-refractivity contribution in [2.45, 2.75) is 78.0 Å². The third-order valence-electron chi connectivity index (χ3n) is 5.28. The number of rotatable bonds is 9. The summed E-state index contributed by atoms with van der Waals surface area (Å²) in [5.41, 5.74) is 3.01. The zero-order valence-corrected chi connectivity index (χ0v) is 16.9. The second-order valence-corrected chi connectivity index (χ2v) is 7.93. The molecule has 1 aliphatic rings. The van der Waals surface area contributed by atoms with Gasteiger partial charge in [-0.15, -0.1) is 0 Å². The minimum absolute atomic E-state index is 0.133. The van der Waals surface area contributed by atoms with Gasteiger partial charge in [0.2, 0.25) is 5.89 Å². The number of carbonyl (C=O) groups excluding carboxylic acids is 1. The van der Waals surface area contributed by atoms with Crippen molar-refractivity contribution in [3.8, 4) is 0 Å². The van der Waals surface area contributed by atoms with Crippen LogP contribution < -0.4 is 5.32 Å². The highest BCUT2D eigenvalue weighted by Gasteiger charge is 2.25. The number of nitrogens with zero attached hydrogens (tertiary/aromatic N) is 2. The fourth-order valence-electron chi connectivity index (χ4n) is 3.02. The van der Waals surface area contributed by atoms with Gasteiger partial charge in [0.1, 0.15) is 6.26 Å². The molecule has 3 rings (SSSR count). The SMILES string of the molecule is CCC(C)N(Cc1ccc(C(C)C)cc1)Cc1nc(C(=O)NC2CC2)co1. The van der Waals surface area contributed by atoms with Crippen LogP contribution in [0.15, 0.2) is 34.9 Å². The molecule has 1 saturated carbocycles. The van der Waals surface area contributed by atoms with E-state index < -0.39 is 0 Å². The van der Waals surface area contributed by atoms with Crippen LogP contribution in [0, 0.1) is 0 Å². The van der Waals surface area contributed by atoms with Gasteiger partial charge in [0.25, 0.3) is 5.91 Å². The molecule has 1 aliphatic carbocycles. The number of carbonyl (C=O) groups is 1. The standard InChI is InChI=1S/C22H31N3O2/c1-5-16(4)25(12-17-6-8-18(9-7-17)15(2)3)13-21-24-20(14-27-21)22(26)23-19-10-11-19/h6-9,14-16,19H,5,10-13H2,1-4H3,(H,23,26). The normalized spacial score (nSPS) is 15.3. The van der Waals surface area contributed by atoms with Gasteiger partial charge in [0, 0.05) is 18.6 Å². The fraction of sp³-hybridized carbons (Fsp3) is 0.545. The summed E-state index contributed by atoms with van der Waals surface area (Å²) in [4.78, 5) is 18.9. The van der Waals surface area contributed by atoms with Crippen LogP contribution >= 0.6 is 0 Å². The Labute approximate surface area is 162 Å². The maximum Gasteiger partial charge on any atom is 0.273 e. The lowest BCUT2D eigenvalue weighted by atomic mass is 10.0. The number of oxazole rings is 1. The van der Waals surface area contributed by atoms with Crippen LogP contribution in [-0.2, 0) is 13.1 Å². The average molecular weight is 370 g/mol. The number of amides is 1. The third kappa shape index (κ3) is 5.42. The third-order valence-corrected chi connectivity index (χ3v) is 5.28. The smallest absolute Gasteiger partial charge is 0.273 e. The first-order valence-electron chi connectivity index (χ1n) is 10.0. The van der Waals surface area contributed by atoms with Crippen LogP contribution in [0.2, 0.25) is 0 Å². The van der Waals surface area contributed by atoms with Crippen molar-refractivity contribution in [2.24, 2.45) is 0 Å². The highest BCUT2D eigenvalue weighted by molar-refractivity contribution is 5.92. The molecule has 1 N–H and O–H groups in total. The average Bonchev–Trinajstić information content (AvgIpc) is 3.35. The summed E-state index contributed by atoms with van der Waals surface area (Å²) in [7, 11) is 0. The van der Waals surface area contributed by atoms with Gasteiger partial charge in [0.05, 0.1) is 6.54 Å². The van der Waals surface area contributed by atoms with Crippen LogP contribution in [0.5, 0.6) is 0 Å². The highest BCUT2D eigenvalue weighted by atomic mass is 16.3. The van der Waals surface area contributed by atoms with Crippen LogP contribution in [0.25, 0.3) is 0 Å². The van der Waals surface area contributed by atoms with E-state index in [1.54, 1.807) is 0 Å². The molecule has 0 aliphatic heterocycles. The van der Waals surface area contributed by atoms with Gasteiger partial charge in [-0.3, -0.25) is 9.69 Å². The van der Waals surface area contributed by atoms with Gasteiger partial charge in [0.15, 0.2) is 5.69 Å². The Morgan fingerprint density at radius 1 is 1.22 bits per heavy atom. The summed E-state index contributed by atoms with van der Waals surface area (Å²) >= 11 is 0. The Balaban J connectivity index is 1.66. The number of hydrogen-bond acceptors (Lipinski definition) is 4. The molecule has 2 aromatic rings. The predicted molar refractivity (Wildman–Crippen MR) is 107 cm³/mol. The molecule has 1 heterocycles. The predicted octanol–water partition coefficient (Wildman–Crippen LogP) is 4.49. The molecule has 0 spiro atoms. The fourth-order valence-corrected chi connectivity index (χ4v) is 3.02. The first-order chi connectivity index (χ1) is 13.0. The molecule has 0 bridgehead atoms. The highest BCUT2D eigenvalue weighted by Crippen LogP contribution is 2.20. The number of benzene rings is 1. The van der Waals surface area contributed by atoms with Gasteiger partial charge in [-0.1, -0.05) is 45.0 Å². The first kappa shape index (κ1) is 19.6. The van der Waals surface area contributed by atoms with E-state index in [4.69, 9.17) is 4.42 Å². The second-order valence-electron chi connectivity index (χ2n) is 7.93. The van der Waals surface area contributed by atoms with Crippen LogP contribution in [0.3, 0.4) is 0 Å². The second kappa shape index (κ2) is 8.70. The van der Waals surface area contributed by atoms with Gasteiger partial charge in [-0.2, -0.15) is 0 Å². The Bertz CT molecular complexity index is 747. The zero-order valence-electron chi connectivity index (χ0n) is 16.9. The summed E-state index contributed by atoms with van der Waals surface area (Å²) in [6.45, 7) is 10.2. The maximum absolute atomic E-state index is 12.1. The number of hydrogen-bond donors (Lipinski definition) is 1. The molecular formula is C22H31N3O2. The van der Waals surface area contributed by atoms with E-state index >= 15 is 0 Å². The zero-order chi connectivity index (χ0) is 19.4. The van der Waals surface area contributed by atoms with Gasteiger partial charge in [-0.25, -0.2) is 4.98 Å². The van der Waals surface area contributed by atoms with E-state index in [1.165, 1.54) is 17.4 Å². The van der Waals surface area contributed by atoms with E-state index in [0.29, 0.717) is 36.1 Å². The van der Waals surface area contributed by atoms with Gasteiger partial charge >= 0.3 is 0 Å². The quantitative estimate of drug-likeness (QED) is 0.707. The minimum atomic E-state index is -0.133. The molecule has 0 radical (unpaired) electrons. The Hall–Kier alpha value is -2.14. The first-order valence-corrected chi connectivity index (χ1v) is 10.0. The molecular weight excluding hydrogens is 338 g/mol. The van der Waals surface area contributed by atoms with Crippen molar-refractivity contribution in [3.05, 3.63) is 53.2 Å². The van der Waals surface area contributed by atoms with Gasteiger partial charge < -0.3 is 9.73 Å². The largest absolute Gasteiger partial charge is 0.447 e. The van der Waals surface area contributed by atoms with Crippen molar-refractivity contribution in [2.75, 3.05) is 0 Å². The van der Waals surface area contributed by atoms with Crippen molar-refractivity contribution < 1.29 is 9.21 Å². The molecule has 1 amide bonds. The number of nitrogens with one attached hydrogen (secondary N) is 1. The van der Waals surface area contributed by atoms with E-state index in [9.17, 15) is 4.79 Å². The minimum Gasteiger partial charge on any atom is -0.447 e. The molecule has 1 unspecified atom stereocenters. The molecule has 27 heavy (non-hydrogen) atoms. The van der Waals surface area contributed by atoms with Crippen molar-refractivity contribution in [1.29, 1.82) is 0 Å². The Morgan fingerprint density at radius 3 is 2.52 bits per heavy atom. The van der Waals surface area contributed by atoms with Crippen molar-refractivity contribution in [3.63, 3.8) is 0 Å². The lowest BCUT2D eigenvalue weighted by molar-refractivity contribution is 0.0946. The van der Waals surface area contributed by atoms with Crippen LogP contribution in [-0.4, -0.2) is 27.9 Å². The Morgan fingerprint density at radius 2 is 1.93 bits per heavy atom. The maximum atomic E-state index is 12.1. The summed E-state index contributed by atoms with van der Waals surface area (Å²) in [5.74, 6) is 0.999. The lowest BCUT2D eigenvalue weighted by Gasteiger charge is -2.27. The van der Waals surface area contributed by atoms with Crippen LogP contribution in [0.1, 0.15) is 80.4 Å². The molecule has 1 aromatic heterocycles. The summed E-state index contributed by atoms with van der Waals surface area (Å²) in [6.07, 6.45) is 4.64. The Kier molecular flexibility index (Phi) is 6.32. The van der Waals surface area contributed by atoms with Crippen molar-refractivity contribution in [1.82, 2.24) is 15.2 Å². The van der Waals surface area contributed by atoms with E-state index in [2.05, 4.69) is 67.2 Å². The molecule has 0 saturated heterocycles. The molecule has 1 atom stereocenters. The molecule has 1 fully saturated rings. The van der Waals surface area contributed by atoms with E-state index in [0.717, 1.165) is 25.8 Å². The van der Waals surface area contributed by atoms with Gasteiger partial charge in [-0.05, 0) is 43.2 Å². The van der Waals surface area contributed by atoms with E-state index in [1.807, 2.05) is 0 Å².